The van der Waals surface area contributed by atoms with Crippen molar-refractivity contribution in [2.24, 2.45) is 16.5 Å². The lowest BCUT2D eigenvalue weighted by atomic mass is 9.98. The van der Waals surface area contributed by atoms with Gasteiger partial charge in [0.15, 0.2) is 0 Å². The Morgan fingerprint density at radius 2 is 1.97 bits per heavy atom. The maximum atomic E-state index is 12.2. The lowest BCUT2D eigenvalue weighted by molar-refractivity contribution is -0.119. The van der Waals surface area contributed by atoms with Crippen LogP contribution in [0.5, 0.6) is 0 Å². The van der Waals surface area contributed by atoms with E-state index in [1.54, 1.807) is 0 Å². The molecule has 1 aliphatic heterocycles. The summed E-state index contributed by atoms with van der Waals surface area (Å²) in [5.74, 6) is -0.0700. The molecule has 0 saturated carbocycles. The number of anilines is 2. The van der Waals surface area contributed by atoms with Gasteiger partial charge in [-0.25, -0.2) is 0 Å². The third kappa shape index (κ3) is 8.07. The highest BCUT2D eigenvalue weighted by Crippen LogP contribution is 2.25. The largest absolute Gasteiger partial charge is 0.398 e. The van der Waals surface area contributed by atoms with Gasteiger partial charge in [-0.2, -0.15) is 0 Å². The second-order valence-electron chi connectivity index (χ2n) is 9.63. The fraction of sp³-hybridized carbons (Fsp3) is 0.267. The Morgan fingerprint density at radius 1 is 1.23 bits per heavy atom. The number of hydrogen-bond acceptors (Lipinski definition) is 8. The summed E-state index contributed by atoms with van der Waals surface area (Å²) in [6, 6.07) is 13.0. The van der Waals surface area contributed by atoms with E-state index in [9.17, 15) is 4.79 Å². The van der Waals surface area contributed by atoms with Crippen LogP contribution in [0.4, 0.5) is 11.4 Å². The van der Waals surface area contributed by atoms with Gasteiger partial charge in [0.25, 0.3) is 0 Å². The number of nitrogens with two attached hydrogens (primary N) is 3. The maximum absolute atomic E-state index is 12.2. The van der Waals surface area contributed by atoms with Gasteiger partial charge < -0.3 is 33.2 Å². The van der Waals surface area contributed by atoms with Crippen LogP contribution in [0.3, 0.4) is 0 Å². The quantitative estimate of drug-likeness (QED) is 0.209. The molecule has 2 aromatic carbocycles. The van der Waals surface area contributed by atoms with E-state index in [0.717, 1.165) is 44.9 Å². The highest BCUT2D eigenvalue weighted by molar-refractivity contribution is 5.86. The van der Waals surface area contributed by atoms with Crippen molar-refractivity contribution in [2.75, 3.05) is 24.6 Å². The molecule has 0 fully saturated rings. The Labute approximate surface area is 231 Å². The summed E-state index contributed by atoms with van der Waals surface area (Å²) in [4.78, 5) is 17.0. The van der Waals surface area contributed by atoms with Crippen molar-refractivity contribution < 1.29 is 4.79 Å². The van der Waals surface area contributed by atoms with Crippen molar-refractivity contribution in [3.63, 3.8) is 0 Å². The molecule has 2 atom stereocenters. The van der Waals surface area contributed by atoms with Crippen molar-refractivity contribution >= 4 is 34.6 Å². The van der Waals surface area contributed by atoms with E-state index in [-0.39, 0.29) is 6.17 Å². The number of amides is 1. The number of nitrogen functional groups attached to an aromatic ring is 1. The maximum Gasteiger partial charge on any atom is 0.234 e. The van der Waals surface area contributed by atoms with Crippen LogP contribution >= 0.6 is 0 Å². The third-order valence-corrected chi connectivity index (χ3v) is 6.47. The average Bonchev–Trinajstić information content (AvgIpc) is 2.90. The highest BCUT2D eigenvalue weighted by atomic mass is 16.1. The molecule has 1 amide bonds. The summed E-state index contributed by atoms with van der Waals surface area (Å²) in [5, 5.41) is 13.0. The number of nitrogens with one attached hydrogen (secondary N) is 4. The second kappa shape index (κ2) is 13.5. The normalized spacial score (nSPS) is 17.3. The smallest absolute Gasteiger partial charge is 0.234 e. The van der Waals surface area contributed by atoms with E-state index < -0.39 is 11.9 Å². The number of benzene rings is 2. The van der Waals surface area contributed by atoms with Crippen LogP contribution in [-0.2, 0) is 11.3 Å². The zero-order chi connectivity index (χ0) is 28.5. The number of nitrogens with zero attached hydrogens (tertiary/aromatic N) is 1. The van der Waals surface area contributed by atoms with Crippen molar-refractivity contribution in [1.29, 1.82) is 0 Å². The standard InChI is InChI=1S/C30H40N8O/c1-18(28-30(38-21(4)31)36-16-20(3)37-28)10-12-23-15-22(11-13-26(23)34-5)17-35-27(29(33)39)14-19(2)24-8-6-7-9-25(24)32/h6-13,15,27,30,34-36,38H,2,4,14,16-17,31-32H2,1,3,5H3,(H2,33,39)/b12-10+,28-18-. The van der Waals surface area contributed by atoms with Gasteiger partial charge in [-0.15, -0.1) is 0 Å². The molecule has 0 radical (unpaired) electrons. The molecule has 3 rings (SSSR count). The van der Waals surface area contributed by atoms with Crippen LogP contribution < -0.4 is 38.5 Å². The van der Waals surface area contributed by atoms with Gasteiger partial charge in [0.2, 0.25) is 5.91 Å². The summed E-state index contributed by atoms with van der Waals surface area (Å²) in [7, 11) is 1.88. The zero-order valence-corrected chi connectivity index (χ0v) is 23.0. The Balaban J connectivity index is 1.78. The number of para-hydroxylation sites is 1. The fourth-order valence-electron chi connectivity index (χ4n) is 4.35. The predicted octanol–water partition coefficient (Wildman–Crippen LogP) is 3.05. The van der Waals surface area contributed by atoms with Gasteiger partial charge in [0.1, 0.15) is 6.17 Å². The molecule has 9 heteroatoms. The van der Waals surface area contributed by atoms with Crippen LogP contribution in [0.15, 0.2) is 83.8 Å². The molecule has 0 bridgehead atoms. The van der Waals surface area contributed by atoms with Crippen molar-refractivity contribution in [2.45, 2.75) is 39.0 Å². The Kier molecular flexibility index (Phi) is 10.1. The molecule has 0 saturated heterocycles. The van der Waals surface area contributed by atoms with Crippen LogP contribution in [0.25, 0.3) is 11.6 Å². The van der Waals surface area contributed by atoms with Gasteiger partial charge in [0, 0.05) is 42.8 Å². The van der Waals surface area contributed by atoms with E-state index in [4.69, 9.17) is 22.2 Å². The van der Waals surface area contributed by atoms with Crippen molar-refractivity contribution in [3.8, 4) is 0 Å². The lowest BCUT2D eigenvalue weighted by Gasteiger charge is -2.27. The van der Waals surface area contributed by atoms with E-state index in [1.807, 2.05) is 69.4 Å². The minimum absolute atomic E-state index is 0.220. The van der Waals surface area contributed by atoms with Crippen LogP contribution in [0, 0.1) is 0 Å². The minimum Gasteiger partial charge on any atom is -0.398 e. The number of aliphatic imine (C=N–C) groups is 1. The van der Waals surface area contributed by atoms with Gasteiger partial charge >= 0.3 is 0 Å². The molecule has 1 aliphatic rings. The predicted molar refractivity (Wildman–Crippen MR) is 163 cm³/mol. The second-order valence-corrected chi connectivity index (χ2v) is 9.63. The molecule has 0 aliphatic carbocycles. The number of carbonyl (C=O) groups excluding carboxylic acids is 1. The minimum atomic E-state index is -0.589. The summed E-state index contributed by atoms with van der Waals surface area (Å²) < 4.78 is 0. The lowest BCUT2D eigenvalue weighted by Crippen LogP contribution is -2.48. The summed E-state index contributed by atoms with van der Waals surface area (Å²) in [6.45, 7) is 13.0. The highest BCUT2D eigenvalue weighted by Gasteiger charge is 2.20. The molecule has 2 unspecified atom stereocenters. The fourth-order valence-corrected chi connectivity index (χ4v) is 4.35. The van der Waals surface area contributed by atoms with E-state index in [1.165, 1.54) is 0 Å². The number of primary amides is 1. The number of carbonyl (C=O) groups is 1. The molecular weight excluding hydrogens is 488 g/mol. The monoisotopic (exact) mass is 528 g/mol. The van der Waals surface area contributed by atoms with E-state index >= 15 is 0 Å². The number of hydrogen-bond donors (Lipinski definition) is 7. The molecular formula is C30H40N8O. The topological polar surface area (TPSA) is 156 Å². The van der Waals surface area contributed by atoms with Gasteiger partial charge in [-0.1, -0.05) is 49.6 Å². The van der Waals surface area contributed by atoms with Gasteiger partial charge in [0.05, 0.1) is 17.6 Å². The van der Waals surface area contributed by atoms with Crippen molar-refractivity contribution in [1.82, 2.24) is 16.0 Å². The molecule has 206 valence electrons. The SMILES string of the molecule is C=C(N)NC1NCC(C)=N/C1=C(C)\C=C\c1cc(CNC(CC(=C)c2ccccc2N)C(N)=O)ccc1NC. The molecule has 9 nitrogen and oxygen atoms in total. The number of rotatable bonds is 12. The van der Waals surface area contributed by atoms with Crippen molar-refractivity contribution in [3.05, 3.63) is 95.5 Å². The van der Waals surface area contributed by atoms with E-state index in [0.29, 0.717) is 31.0 Å². The molecule has 10 N–H and O–H groups in total. The van der Waals surface area contributed by atoms with Crippen LogP contribution in [-0.4, -0.2) is 37.4 Å². The first-order valence-corrected chi connectivity index (χ1v) is 12.8. The van der Waals surface area contributed by atoms with Gasteiger partial charge in [-0.05, 0) is 60.7 Å². The molecule has 2 aromatic rings. The Hall–Kier alpha value is -4.34. The first-order valence-electron chi connectivity index (χ1n) is 12.8. The summed E-state index contributed by atoms with van der Waals surface area (Å²) >= 11 is 0. The molecule has 39 heavy (non-hydrogen) atoms. The Morgan fingerprint density at radius 3 is 2.64 bits per heavy atom. The summed E-state index contributed by atoms with van der Waals surface area (Å²) in [6.07, 6.45) is 4.20. The van der Waals surface area contributed by atoms with Crippen LogP contribution in [0.1, 0.15) is 37.0 Å². The Bertz CT molecular complexity index is 1320. The third-order valence-electron chi connectivity index (χ3n) is 6.47. The molecule has 0 spiro atoms. The zero-order valence-electron chi connectivity index (χ0n) is 23.0. The molecule has 0 aromatic heterocycles. The summed E-state index contributed by atoms with van der Waals surface area (Å²) in [5.41, 5.74) is 25.6. The molecule has 1 heterocycles. The van der Waals surface area contributed by atoms with Gasteiger partial charge in [-0.3, -0.25) is 15.1 Å². The average molecular weight is 529 g/mol. The van der Waals surface area contributed by atoms with E-state index in [2.05, 4.69) is 40.5 Å². The first-order chi connectivity index (χ1) is 18.6. The first kappa shape index (κ1) is 29.2. The van der Waals surface area contributed by atoms with Crippen LogP contribution in [0.2, 0.25) is 0 Å². The number of allylic oxidation sites excluding steroid dienone is 2.